The second-order valence-electron chi connectivity index (χ2n) is 14.4. The number of epoxide rings is 2. The molecule has 49 heavy (non-hydrogen) atoms. The van der Waals surface area contributed by atoms with Crippen molar-refractivity contribution in [2.24, 2.45) is 11.8 Å². The third-order valence-electron chi connectivity index (χ3n) is 10.0. The predicted molar refractivity (Wildman–Crippen MR) is 193 cm³/mol. The Morgan fingerprint density at radius 3 is 1.35 bits per heavy atom. The zero-order chi connectivity index (χ0) is 33.8. The Labute approximate surface area is 291 Å². The monoisotopic (exact) mass is 662 g/mol. The van der Waals surface area contributed by atoms with Crippen LogP contribution in [-0.2, 0) is 24.4 Å². The molecule has 0 bridgehead atoms. The van der Waals surface area contributed by atoms with Gasteiger partial charge in [-0.25, -0.2) is 0 Å². The highest BCUT2D eigenvalue weighted by Crippen LogP contribution is 2.56. The van der Waals surface area contributed by atoms with E-state index in [9.17, 15) is 0 Å². The Kier molecular flexibility index (Phi) is 10.4. The van der Waals surface area contributed by atoms with Crippen LogP contribution in [-0.4, -0.2) is 64.1 Å². The second kappa shape index (κ2) is 15.1. The summed E-state index contributed by atoms with van der Waals surface area (Å²) in [6, 6.07) is 35.1. The lowest BCUT2D eigenvalue weighted by atomic mass is 9.68. The zero-order valence-electron chi connectivity index (χ0n) is 29.3. The van der Waals surface area contributed by atoms with Gasteiger partial charge in [-0.05, 0) is 96.2 Å². The van der Waals surface area contributed by atoms with Crippen LogP contribution in [0.1, 0.15) is 62.8 Å². The van der Waals surface area contributed by atoms with Gasteiger partial charge in [0.25, 0.3) is 0 Å². The van der Waals surface area contributed by atoms with Gasteiger partial charge in [-0.15, -0.1) is 0 Å². The summed E-state index contributed by atoms with van der Waals surface area (Å²) in [6.45, 7) is 13.0. The molecule has 6 atom stereocenters. The van der Waals surface area contributed by atoms with Crippen molar-refractivity contribution in [3.63, 3.8) is 0 Å². The third kappa shape index (κ3) is 7.89. The van der Waals surface area contributed by atoms with Crippen molar-refractivity contribution in [1.29, 1.82) is 0 Å². The first-order chi connectivity index (χ1) is 23.9. The minimum Gasteiger partial charge on any atom is -0.493 e. The maximum atomic E-state index is 6.30. The molecule has 6 heteroatoms. The van der Waals surface area contributed by atoms with E-state index >= 15 is 0 Å². The number of hydrogen-bond acceptors (Lipinski definition) is 6. The van der Waals surface area contributed by atoms with E-state index in [1.165, 1.54) is 33.4 Å². The Balaban J connectivity index is 1.08. The molecule has 0 radical (unpaired) electrons. The summed E-state index contributed by atoms with van der Waals surface area (Å²) in [5.74, 6) is 2.50. The Hall–Kier alpha value is -3.68. The minimum atomic E-state index is -0.471. The molecule has 6 unspecified atom stereocenters. The van der Waals surface area contributed by atoms with Crippen LogP contribution in [0.2, 0.25) is 0 Å². The minimum absolute atomic E-state index is 0.184. The molecule has 1 aliphatic carbocycles. The lowest BCUT2D eigenvalue weighted by molar-refractivity contribution is 0.0353. The van der Waals surface area contributed by atoms with Crippen molar-refractivity contribution in [2.75, 3.05) is 39.6 Å². The molecule has 2 aliphatic heterocycles. The van der Waals surface area contributed by atoms with E-state index in [2.05, 4.69) is 125 Å². The summed E-state index contributed by atoms with van der Waals surface area (Å²) in [5.41, 5.74) is 7.08. The van der Waals surface area contributed by atoms with Crippen molar-refractivity contribution in [3.05, 3.63) is 119 Å². The van der Waals surface area contributed by atoms with E-state index in [4.69, 9.17) is 28.4 Å². The molecule has 4 aromatic carbocycles. The molecular weight excluding hydrogens is 612 g/mol. The third-order valence-corrected chi connectivity index (χ3v) is 10.0. The van der Waals surface area contributed by atoms with Crippen LogP contribution in [0.3, 0.4) is 0 Å². The number of fused-ring (bicyclic) bond motifs is 3. The maximum absolute atomic E-state index is 6.30. The standard InChI is InChI=1S/C43H50O6/c1-29(21-31(3)44-25-37-27-48-37)23-46-35-17-13-33(14-18-35)43(41-11-7-5-9-39(41)40-10-6-8-12-42(40)43)34-15-19-36(20-16-34)47-24-30(2)22-32(4)45-26-38-28-49-38/h5-20,29-32,37-38H,21-28H2,1-4H3. The SMILES string of the molecule is CC(COc1ccc(C2(c3ccc(OCC(C)CC(C)OCC4CO4)cc3)c3ccccc3-c3ccccc32)cc1)CC(C)OCC1CO1. The number of benzene rings is 4. The largest absolute Gasteiger partial charge is 0.493 e. The fraction of sp³-hybridized carbons (Fsp3) is 0.442. The normalized spacial score (nSPS) is 20.8. The molecule has 258 valence electrons. The molecule has 0 amide bonds. The van der Waals surface area contributed by atoms with Crippen LogP contribution in [0, 0.1) is 11.8 Å². The molecule has 7 rings (SSSR count). The first-order valence-electron chi connectivity index (χ1n) is 18.0. The average Bonchev–Trinajstić information content (AvgIpc) is 4.07. The summed E-state index contributed by atoms with van der Waals surface area (Å²) >= 11 is 0. The van der Waals surface area contributed by atoms with E-state index < -0.39 is 5.41 Å². The van der Waals surface area contributed by atoms with Gasteiger partial charge in [-0.2, -0.15) is 0 Å². The molecule has 3 aliphatic rings. The topological polar surface area (TPSA) is 62.0 Å². The summed E-state index contributed by atoms with van der Waals surface area (Å²) < 4.78 is 35.0. The van der Waals surface area contributed by atoms with Crippen molar-refractivity contribution >= 4 is 0 Å². The van der Waals surface area contributed by atoms with E-state index in [1.807, 2.05) is 0 Å². The summed E-state index contributed by atoms with van der Waals surface area (Å²) in [4.78, 5) is 0. The van der Waals surface area contributed by atoms with Gasteiger partial charge >= 0.3 is 0 Å². The highest BCUT2D eigenvalue weighted by atomic mass is 16.6. The molecule has 2 saturated heterocycles. The van der Waals surface area contributed by atoms with Crippen molar-refractivity contribution < 1.29 is 28.4 Å². The second-order valence-corrected chi connectivity index (χ2v) is 14.4. The van der Waals surface area contributed by atoms with Crippen molar-refractivity contribution in [3.8, 4) is 22.6 Å². The van der Waals surface area contributed by atoms with Gasteiger partial charge < -0.3 is 28.4 Å². The fourth-order valence-electron chi connectivity index (χ4n) is 7.38. The predicted octanol–water partition coefficient (Wildman–Crippen LogP) is 8.47. The van der Waals surface area contributed by atoms with Crippen LogP contribution in [0.5, 0.6) is 11.5 Å². The van der Waals surface area contributed by atoms with Gasteiger partial charge in [0.15, 0.2) is 0 Å². The van der Waals surface area contributed by atoms with Gasteiger partial charge in [-0.3, -0.25) is 0 Å². The van der Waals surface area contributed by atoms with Crippen LogP contribution < -0.4 is 9.47 Å². The Bertz CT molecular complexity index is 1530. The van der Waals surface area contributed by atoms with E-state index in [0.29, 0.717) is 50.5 Å². The van der Waals surface area contributed by atoms with Crippen LogP contribution in [0.25, 0.3) is 11.1 Å². The fourth-order valence-corrected chi connectivity index (χ4v) is 7.38. The number of rotatable bonds is 18. The molecule has 0 saturated carbocycles. The van der Waals surface area contributed by atoms with Gasteiger partial charge in [-0.1, -0.05) is 86.6 Å². The molecular formula is C43H50O6. The summed E-state index contributed by atoms with van der Waals surface area (Å²) in [6.07, 6.45) is 2.85. The quantitative estimate of drug-likeness (QED) is 0.0878. The summed E-state index contributed by atoms with van der Waals surface area (Å²) in [5, 5.41) is 0. The Morgan fingerprint density at radius 2 is 0.959 bits per heavy atom. The van der Waals surface area contributed by atoms with Gasteiger partial charge in [0.2, 0.25) is 0 Å². The van der Waals surface area contributed by atoms with Crippen LogP contribution in [0.4, 0.5) is 0 Å². The molecule has 6 nitrogen and oxygen atoms in total. The lowest BCUT2D eigenvalue weighted by Gasteiger charge is -2.34. The van der Waals surface area contributed by atoms with Gasteiger partial charge in [0.05, 0.1) is 57.3 Å². The first-order valence-corrected chi connectivity index (χ1v) is 18.0. The maximum Gasteiger partial charge on any atom is 0.119 e. The molecule has 0 aromatic heterocycles. The Morgan fingerprint density at radius 1 is 0.571 bits per heavy atom. The van der Waals surface area contributed by atoms with Crippen LogP contribution in [0.15, 0.2) is 97.1 Å². The molecule has 2 heterocycles. The van der Waals surface area contributed by atoms with Crippen LogP contribution >= 0.6 is 0 Å². The molecule has 2 fully saturated rings. The molecule has 0 N–H and O–H groups in total. The number of hydrogen-bond donors (Lipinski definition) is 0. The summed E-state index contributed by atoms with van der Waals surface area (Å²) in [7, 11) is 0. The zero-order valence-corrected chi connectivity index (χ0v) is 29.3. The highest BCUT2D eigenvalue weighted by Gasteiger charge is 2.45. The number of ether oxygens (including phenoxy) is 6. The van der Waals surface area contributed by atoms with Crippen molar-refractivity contribution in [1.82, 2.24) is 0 Å². The molecule has 0 spiro atoms. The van der Waals surface area contributed by atoms with Crippen molar-refractivity contribution in [2.45, 2.75) is 70.4 Å². The van der Waals surface area contributed by atoms with E-state index in [0.717, 1.165) is 37.6 Å². The first kappa shape index (κ1) is 33.8. The highest BCUT2D eigenvalue weighted by molar-refractivity contribution is 5.86. The van der Waals surface area contributed by atoms with E-state index in [1.54, 1.807) is 0 Å². The van der Waals surface area contributed by atoms with E-state index in [-0.39, 0.29) is 12.2 Å². The lowest BCUT2D eigenvalue weighted by Crippen LogP contribution is -2.28. The van der Waals surface area contributed by atoms with Gasteiger partial charge in [0, 0.05) is 0 Å². The molecule has 4 aromatic rings. The smallest absolute Gasteiger partial charge is 0.119 e. The average molecular weight is 663 g/mol. The van der Waals surface area contributed by atoms with Gasteiger partial charge in [0.1, 0.15) is 23.7 Å².